The summed E-state index contributed by atoms with van der Waals surface area (Å²) in [7, 11) is 0. The zero-order valence-electron chi connectivity index (χ0n) is 11.5. The number of nitrogens with zero attached hydrogens (tertiary/aromatic N) is 1. The van der Waals surface area contributed by atoms with Crippen LogP contribution in [0.5, 0.6) is 0 Å². The highest BCUT2D eigenvalue weighted by molar-refractivity contribution is 6.00. The molecule has 0 aliphatic rings. The second-order valence-corrected chi connectivity index (χ2v) is 4.04. The summed E-state index contributed by atoms with van der Waals surface area (Å²) in [5.74, 6) is -0.590. The number of nitro benzene ring substituents is 1. The molecule has 0 unspecified atom stereocenters. The number of nitrogens with one attached hydrogen (secondary N) is 3. The van der Waals surface area contributed by atoms with Crippen LogP contribution in [0, 0.1) is 10.1 Å². The highest BCUT2D eigenvalue weighted by atomic mass is 16.6. The molecule has 0 fully saturated rings. The van der Waals surface area contributed by atoms with Gasteiger partial charge in [-0.15, -0.1) is 0 Å². The molecule has 0 spiro atoms. The largest absolute Gasteiger partial charge is 0.380 e. The first-order chi connectivity index (χ1) is 9.97. The Labute approximate surface area is 121 Å². The maximum absolute atomic E-state index is 12.0. The number of anilines is 1. The number of benzene rings is 1. The van der Waals surface area contributed by atoms with Crippen LogP contribution < -0.4 is 21.7 Å². The minimum absolute atomic E-state index is 0.0440. The average molecular weight is 295 g/mol. The Bertz CT molecular complexity index is 546. The number of carbonyl (C=O) groups excluding carboxylic acids is 2. The predicted molar refractivity (Wildman–Crippen MR) is 77.2 cm³/mol. The Morgan fingerprint density at radius 1 is 1.29 bits per heavy atom. The minimum atomic E-state index is -0.704. The molecule has 114 valence electrons. The third kappa shape index (κ3) is 4.64. The highest BCUT2D eigenvalue weighted by Gasteiger charge is 2.23. The van der Waals surface area contributed by atoms with Gasteiger partial charge in [0.05, 0.1) is 4.92 Å². The third-order valence-electron chi connectivity index (χ3n) is 2.54. The number of nitrogens with two attached hydrogens (primary N) is 1. The minimum Gasteiger partial charge on any atom is -0.380 e. The molecule has 5 N–H and O–H groups in total. The molecule has 9 nitrogen and oxygen atoms in total. The predicted octanol–water partition coefficient (Wildman–Crippen LogP) is 0.425. The first-order valence-electron chi connectivity index (χ1n) is 6.30. The molecule has 1 aromatic rings. The molecular weight excluding hydrogens is 278 g/mol. The van der Waals surface area contributed by atoms with Gasteiger partial charge < -0.3 is 21.7 Å². The van der Waals surface area contributed by atoms with Crippen LogP contribution in [0.4, 0.5) is 16.2 Å². The van der Waals surface area contributed by atoms with Gasteiger partial charge in [-0.25, -0.2) is 4.79 Å². The summed E-state index contributed by atoms with van der Waals surface area (Å²) < 4.78 is 0. The van der Waals surface area contributed by atoms with E-state index in [-0.39, 0.29) is 30.0 Å². The Morgan fingerprint density at radius 3 is 2.52 bits per heavy atom. The number of hydrogen-bond donors (Lipinski definition) is 4. The van der Waals surface area contributed by atoms with Crippen LogP contribution in [0.15, 0.2) is 18.2 Å². The van der Waals surface area contributed by atoms with Crippen molar-refractivity contribution in [1.29, 1.82) is 0 Å². The topological polar surface area (TPSA) is 139 Å². The molecule has 0 bridgehead atoms. The van der Waals surface area contributed by atoms with Crippen LogP contribution >= 0.6 is 0 Å². The molecule has 3 amide bonds. The standard InChI is InChI=1S/C12H17N5O4/c1-2-14-9-5-3-4-8(10(9)17(20)21)11(18)15-6-7-16-12(13)19/h3-5,14H,2,6-7H2,1H3,(H,15,18)(H3,13,16,19). The first-order valence-corrected chi connectivity index (χ1v) is 6.30. The zero-order chi connectivity index (χ0) is 15.8. The van der Waals surface area contributed by atoms with E-state index in [1.807, 2.05) is 0 Å². The summed E-state index contributed by atoms with van der Waals surface area (Å²) >= 11 is 0. The second kappa shape index (κ2) is 7.68. The molecule has 0 heterocycles. The van der Waals surface area contributed by atoms with Gasteiger partial charge in [-0.3, -0.25) is 14.9 Å². The van der Waals surface area contributed by atoms with E-state index < -0.39 is 16.9 Å². The van der Waals surface area contributed by atoms with Crippen molar-refractivity contribution in [3.8, 4) is 0 Å². The van der Waals surface area contributed by atoms with E-state index in [0.717, 1.165) is 0 Å². The average Bonchev–Trinajstić information content (AvgIpc) is 2.43. The summed E-state index contributed by atoms with van der Waals surface area (Å²) in [4.78, 5) is 33.0. The molecule has 1 rings (SSSR count). The van der Waals surface area contributed by atoms with Crippen molar-refractivity contribution in [2.45, 2.75) is 6.92 Å². The van der Waals surface area contributed by atoms with Crippen LogP contribution in [-0.4, -0.2) is 36.5 Å². The van der Waals surface area contributed by atoms with Gasteiger partial charge in [0, 0.05) is 19.6 Å². The van der Waals surface area contributed by atoms with Gasteiger partial charge in [0.2, 0.25) is 0 Å². The van der Waals surface area contributed by atoms with Gasteiger partial charge in [-0.05, 0) is 19.1 Å². The van der Waals surface area contributed by atoms with Crippen molar-refractivity contribution in [1.82, 2.24) is 10.6 Å². The van der Waals surface area contributed by atoms with Gasteiger partial charge in [0.1, 0.15) is 11.3 Å². The number of primary amides is 1. The van der Waals surface area contributed by atoms with Crippen molar-refractivity contribution in [2.75, 3.05) is 25.0 Å². The fraction of sp³-hybridized carbons (Fsp3) is 0.333. The Balaban J connectivity index is 2.85. The van der Waals surface area contributed by atoms with E-state index in [9.17, 15) is 19.7 Å². The number of hydrogen-bond acceptors (Lipinski definition) is 5. The third-order valence-corrected chi connectivity index (χ3v) is 2.54. The van der Waals surface area contributed by atoms with Gasteiger partial charge in [0.25, 0.3) is 5.91 Å². The fourth-order valence-corrected chi connectivity index (χ4v) is 1.71. The lowest BCUT2D eigenvalue weighted by Gasteiger charge is -2.09. The number of urea groups is 1. The molecule has 0 saturated carbocycles. The van der Waals surface area contributed by atoms with E-state index in [2.05, 4.69) is 16.0 Å². The number of para-hydroxylation sites is 1. The van der Waals surface area contributed by atoms with Crippen molar-refractivity contribution in [2.24, 2.45) is 5.73 Å². The SMILES string of the molecule is CCNc1cccc(C(=O)NCCNC(N)=O)c1[N+](=O)[O-]. The molecular formula is C12H17N5O4. The quantitative estimate of drug-likeness (QED) is 0.328. The van der Waals surface area contributed by atoms with Crippen LogP contribution in [0.25, 0.3) is 0 Å². The number of rotatable bonds is 7. The van der Waals surface area contributed by atoms with Gasteiger partial charge in [0.15, 0.2) is 0 Å². The highest BCUT2D eigenvalue weighted by Crippen LogP contribution is 2.28. The summed E-state index contributed by atoms with van der Waals surface area (Å²) in [5.41, 5.74) is 4.84. The Kier molecular flexibility index (Phi) is 5.93. The van der Waals surface area contributed by atoms with Crippen molar-refractivity contribution >= 4 is 23.3 Å². The molecule has 0 saturated heterocycles. The van der Waals surface area contributed by atoms with Crippen molar-refractivity contribution < 1.29 is 14.5 Å². The second-order valence-electron chi connectivity index (χ2n) is 4.04. The smallest absolute Gasteiger partial charge is 0.312 e. The maximum atomic E-state index is 12.0. The Morgan fingerprint density at radius 2 is 1.95 bits per heavy atom. The monoisotopic (exact) mass is 295 g/mol. The fourth-order valence-electron chi connectivity index (χ4n) is 1.71. The lowest BCUT2D eigenvalue weighted by atomic mass is 10.1. The van der Waals surface area contributed by atoms with Crippen LogP contribution in [0.2, 0.25) is 0 Å². The first kappa shape index (κ1) is 16.2. The number of carbonyl (C=O) groups is 2. The summed E-state index contributed by atoms with van der Waals surface area (Å²) in [5, 5.41) is 18.8. The molecule has 1 aromatic carbocycles. The van der Waals surface area contributed by atoms with Crippen LogP contribution in [0.3, 0.4) is 0 Å². The van der Waals surface area contributed by atoms with Gasteiger partial charge in [-0.1, -0.05) is 6.07 Å². The van der Waals surface area contributed by atoms with E-state index in [1.54, 1.807) is 13.0 Å². The van der Waals surface area contributed by atoms with Crippen LogP contribution in [0.1, 0.15) is 17.3 Å². The lowest BCUT2D eigenvalue weighted by molar-refractivity contribution is -0.384. The van der Waals surface area contributed by atoms with Crippen LogP contribution in [-0.2, 0) is 0 Å². The summed E-state index contributed by atoms with van der Waals surface area (Å²) in [6.07, 6.45) is 0. The van der Waals surface area contributed by atoms with Crippen molar-refractivity contribution in [3.05, 3.63) is 33.9 Å². The number of amides is 3. The zero-order valence-corrected chi connectivity index (χ0v) is 11.5. The molecule has 0 atom stereocenters. The normalized spacial score (nSPS) is 9.76. The molecule has 21 heavy (non-hydrogen) atoms. The van der Waals surface area contributed by atoms with Gasteiger partial charge in [-0.2, -0.15) is 0 Å². The number of nitro groups is 1. The van der Waals surface area contributed by atoms with E-state index >= 15 is 0 Å². The van der Waals surface area contributed by atoms with E-state index in [0.29, 0.717) is 6.54 Å². The lowest BCUT2D eigenvalue weighted by Crippen LogP contribution is -2.37. The van der Waals surface area contributed by atoms with Gasteiger partial charge >= 0.3 is 11.7 Å². The molecule has 0 radical (unpaired) electrons. The Hall–Kier alpha value is -2.84. The van der Waals surface area contributed by atoms with E-state index in [4.69, 9.17) is 5.73 Å². The molecule has 0 aliphatic carbocycles. The molecule has 0 aromatic heterocycles. The van der Waals surface area contributed by atoms with E-state index in [1.165, 1.54) is 12.1 Å². The molecule has 9 heteroatoms. The maximum Gasteiger partial charge on any atom is 0.312 e. The molecule has 0 aliphatic heterocycles. The summed E-state index contributed by atoms with van der Waals surface area (Å²) in [6.45, 7) is 2.55. The van der Waals surface area contributed by atoms with Crippen molar-refractivity contribution in [3.63, 3.8) is 0 Å². The summed E-state index contributed by atoms with van der Waals surface area (Å²) in [6, 6.07) is 3.76.